The first kappa shape index (κ1) is 24.7. The van der Waals surface area contributed by atoms with Crippen LogP contribution >= 0.6 is 0 Å². The molecule has 0 unspecified atom stereocenters. The normalized spacial score (nSPS) is 11.7. The van der Waals surface area contributed by atoms with E-state index in [-0.39, 0.29) is 13.2 Å². The number of carbonyl (C=O) groups excluding carboxylic acids is 2. The number of nitrogens with one attached hydrogen (secondary N) is 1. The molecule has 0 saturated carbocycles. The fourth-order valence-electron chi connectivity index (χ4n) is 5.65. The average molecular weight is 547 g/mol. The van der Waals surface area contributed by atoms with Gasteiger partial charge in [-0.1, -0.05) is 24.3 Å². The number of aromatic amines is 1. The van der Waals surface area contributed by atoms with Gasteiger partial charge in [-0.2, -0.15) is 5.10 Å². The maximum absolute atomic E-state index is 13.4. The molecule has 0 saturated heterocycles. The van der Waals surface area contributed by atoms with Gasteiger partial charge < -0.3 is 14.2 Å². The third kappa shape index (κ3) is 3.73. The number of hydrogen-bond donors (Lipinski definition) is 1. The van der Waals surface area contributed by atoms with Gasteiger partial charge in [-0.25, -0.2) is 18.7 Å². The lowest BCUT2D eigenvalue weighted by molar-refractivity contribution is 0.155. The van der Waals surface area contributed by atoms with Crippen LogP contribution < -0.4 is 4.74 Å². The summed E-state index contributed by atoms with van der Waals surface area (Å²) in [5.41, 5.74) is 4.37. The molecule has 0 spiro atoms. The van der Waals surface area contributed by atoms with Crippen LogP contribution in [-0.4, -0.2) is 44.7 Å². The number of ether oxygens (including phenoxy) is 3. The largest absolute Gasteiger partial charge is 0.456 e. The summed E-state index contributed by atoms with van der Waals surface area (Å²) < 4.78 is 20.5. The second-order valence-electron chi connectivity index (χ2n) is 9.79. The van der Waals surface area contributed by atoms with Crippen LogP contribution in [0.5, 0.6) is 11.5 Å². The molecule has 4 aromatic carbocycles. The third-order valence-electron chi connectivity index (χ3n) is 7.40. The van der Waals surface area contributed by atoms with Crippen molar-refractivity contribution in [2.24, 2.45) is 0 Å². The summed E-state index contributed by atoms with van der Waals surface area (Å²) in [6.45, 7) is 5.97. The highest BCUT2D eigenvalue weighted by Gasteiger charge is 2.24. The Kier molecular flexibility index (Phi) is 5.67. The van der Waals surface area contributed by atoms with Crippen LogP contribution in [0.4, 0.5) is 9.59 Å². The summed E-state index contributed by atoms with van der Waals surface area (Å²) in [5, 5.41) is 11.4. The van der Waals surface area contributed by atoms with Crippen molar-refractivity contribution >= 4 is 66.7 Å². The first-order valence-electron chi connectivity index (χ1n) is 13.5. The molecule has 9 heteroatoms. The van der Waals surface area contributed by atoms with Crippen LogP contribution in [0.1, 0.15) is 19.4 Å². The van der Waals surface area contributed by atoms with E-state index < -0.39 is 12.2 Å². The molecular formula is C32H26N4O5. The standard InChI is InChI=1S/C32H26N4O5/c1-4-39-31(37)35-24-10-7-6-9-20(24)21-15-22-27(16-26(21)35)36(32(38)40-5-2)25-11-8-12-28(30(22)25)41-29-14-19-17-33-34-23(19)13-18(29)3/h6-17H,4-5H2,1-3H3,(H,33,34). The molecule has 41 heavy (non-hydrogen) atoms. The van der Waals surface area contributed by atoms with E-state index >= 15 is 0 Å². The lowest BCUT2D eigenvalue weighted by atomic mass is 10.1. The Morgan fingerprint density at radius 2 is 1.46 bits per heavy atom. The van der Waals surface area contributed by atoms with Gasteiger partial charge in [0.05, 0.1) is 46.2 Å². The topological polar surface area (TPSA) is 100 Å². The second-order valence-corrected chi connectivity index (χ2v) is 9.79. The summed E-state index contributed by atoms with van der Waals surface area (Å²) in [6.07, 6.45) is 0.829. The molecule has 0 atom stereocenters. The summed E-state index contributed by atoms with van der Waals surface area (Å²) in [5.74, 6) is 1.28. The lowest BCUT2D eigenvalue weighted by Crippen LogP contribution is -2.14. The molecular weight excluding hydrogens is 520 g/mol. The van der Waals surface area contributed by atoms with Gasteiger partial charge in [0, 0.05) is 27.7 Å². The van der Waals surface area contributed by atoms with E-state index in [0.717, 1.165) is 43.5 Å². The number of carbonyl (C=O) groups is 2. The van der Waals surface area contributed by atoms with Gasteiger partial charge in [-0.15, -0.1) is 0 Å². The minimum Gasteiger partial charge on any atom is -0.456 e. The maximum atomic E-state index is 13.4. The molecule has 9 nitrogen and oxygen atoms in total. The van der Waals surface area contributed by atoms with E-state index in [2.05, 4.69) is 10.2 Å². The van der Waals surface area contributed by atoms with Crippen LogP contribution in [0.25, 0.3) is 54.5 Å². The lowest BCUT2D eigenvalue weighted by Gasteiger charge is -2.11. The Morgan fingerprint density at radius 1 is 0.756 bits per heavy atom. The molecule has 0 amide bonds. The van der Waals surface area contributed by atoms with E-state index in [1.54, 1.807) is 23.0 Å². The van der Waals surface area contributed by atoms with E-state index in [1.165, 1.54) is 0 Å². The zero-order chi connectivity index (χ0) is 28.2. The first-order chi connectivity index (χ1) is 20.0. The molecule has 0 aliphatic heterocycles. The number of aromatic nitrogens is 4. The van der Waals surface area contributed by atoms with Gasteiger partial charge in [-0.3, -0.25) is 5.10 Å². The minimum atomic E-state index is -0.515. The zero-order valence-corrected chi connectivity index (χ0v) is 22.7. The van der Waals surface area contributed by atoms with Crippen molar-refractivity contribution in [3.8, 4) is 11.5 Å². The van der Waals surface area contributed by atoms with Crippen molar-refractivity contribution in [2.75, 3.05) is 13.2 Å². The Morgan fingerprint density at radius 3 is 2.24 bits per heavy atom. The number of aryl methyl sites for hydroxylation is 1. The Hall–Kier alpha value is -5.31. The molecule has 0 aliphatic rings. The molecule has 0 radical (unpaired) electrons. The number of nitrogens with zero attached hydrogens (tertiary/aromatic N) is 3. The fourth-order valence-corrected chi connectivity index (χ4v) is 5.65. The van der Waals surface area contributed by atoms with Crippen LogP contribution in [0.2, 0.25) is 0 Å². The van der Waals surface area contributed by atoms with E-state index in [4.69, 9.17) is 14.2 Å². The second kappa shape index (κ2) is 9.41. The Balaban J connectivity index is 1.56. The molecule has 204 valence electrons. The molecule has 7 rings (SSSR count). The van der Waals surface area contributed by atoms with Crippen LogP contribution in [0.15, 0.2) is 72.9 Å². The molecule has 3 heterocycles. The number of fused-ring (bicyclic) bond motifs is 7. The van der Waals surface area contributed by atoms with Gasteiger partial charge in [0.1, 0.15) is 11.5 Å². The van der Waals surface area contributed by atoms with Gasteiger partial charge >= 0.3 is 12.2 Å². The highest BCUT2D eigenvalue weighted by molar-refractivity contribution is 6.22. The van der Waals surface area contributed by atoms with Crippen molar-refractivity contribution < 1.29 is 23.8 Å². The predicted octanol–water partition coefficient (Wildman–Crippen LogP) is 7.89. The van der Waals surface area contributed by atoms with E-state index in [0.29, 0.717) is 28.0 Å². The highest BCUT2D eigenvalue weighted by atomic mass is 16.6. The zero-order valence-electron chi connectivity index (χ0n) is 22.7. The van der Waals surface area contributed by atoms with Crippen LogP contribution in [0.3, 0.4) is 0 Å². The van der Waals surface area contributed by atoms with Crippen molar-refractivity contribution in [2.45, 2.75) is 20.8 Å². The van der Waals surface area contributed by atoms with Crippen molar-refractivity contribution in [1.82, 2.24) is 19.3 Å². The molecule has 1 N–H and O–H groups in total. The number of benzene rings is 4. The van der Waals surface area contributed by atoms with Crippen molar-refractivity contribution in [3.63, 3.8) is 0 Å². The molecule has 0 fully saturated rings. The first-order valence-corrected chi connectivity index (χ1v) is 13.5. The smallest absolute Gasteiger partial charge is 0.418 e. The van der Waals surface area contributed by atoms with Gasteiger partial charge in [-0.05, 0) is 68.8 Å². The highest BCUT2D eigenvalue weighted by Crippen LogP contribution is 2.42. The Bertz CT molecular complexity index is 2170. The van der Waals surface area contributed by atoms with Crippen LogP contribution in [-0.2, 0) is 9.47 Å². The fraction of sp³-hybridized carbons (Fsp3) is 0.156. The number of hydrogen-bond acceptors (Lipinski definition) is 6. The van der Waals surface area contributed by atoms with Crippen molar-refractivity contribution in [1.29, 1.82) is 0 Å². The monoisotopic (exact) mass is 546 g/mol. The predicted molar refractivity (Wildman–Crippen MR) is 158 cm³/mol. The van der Waals surface area contributed by atoms with Gasteiger partial charge in [0.2, 0.25) is 0 Å². The van der Waals surface area contributed by atoms with Crippen molar-refractivity contribution in [3.05, 3.63) is 78.5 Å². The molecule has 0 aliphatic carbocycles. The minimum absolute atomic E-state index is 0.214. The average Bonchev–Trinajstić information content (AvgIpc) is 3.64. The van der Waals surface area contributed by atoms with Gasteiger partial charge in [0.25, 0.3) is 0 Å². The van der Waals surface area contributed by atoms with E-state index in [9.17, 15) is 9.59 Å². The number of para-hydroxylation sites is 1. The summed E-state index contributed by atoms with van der Waals surface area (Å²) in [7, 11) is 0. The van der Waals surface area contributed by atoms with E-state index in [1.807, 2.05) is 79.9 Å². The Labute approximate surface area is 233 Å². The third-order valence-corrected chi connectivity index (χ3v) is 7.40. The quantitative estimate of drug-likeness (QED) is 0.241. The summed E-state index contributed by atoms with van der Waals surface area (Å²) in [4.78, 5) is 26.5. The number of rotatable bonds is 4. The summed E-state index contributed by atoms with van der Waals surface area (Å²) >= 11 is 0. The molecule has 3 aromatic heterocycles. The van der Waals surface area contributed by atoms with Gasteiger partial charge in [0.15, 0.2) is 0 Å². The SMILES string of the molecule is CCOC(=O)n1c2ccccc2c2cc3c4c(Oc5cc6c[nH]nc6cc5C)cccc4n(C(=O)OCC)c3cc21. The molecule has 0 bridgehead atoms. The maximum Gasteiger partial charge on any atom is 0.418 e. The summed E-state index contributed by atoms with van der Waals surface area (Å²) in [6, 6.07) is 21.1. The van der Waals surface area contributed by atoms with Crippen LogP contribution in [0, 0.1) is 6.92 Å². The molecule has 7 aromatic rings. The number of H-pyrrole nitrogens is 1.